The Morgan fingerprint density at radius 2 is 1.67 bits per heavy atom. The van der Waals surface area contributed by atoms with E-state index in [-0.39, 0.29) is 10.8 Å². The summed E-state index contributed by atoms with van der Waals surface area (Å²) in [7, 11) is -0.475. The van der Waals surface area contributed by atoms with E-state index < -0.39 is 15.6 Å². The lowest BCUT2D eigenvalue weighted by molar-refractivity contribution is 0.0773. The molecule has 8 heteroatoms. The zero-order valence-electron chi connectivity index (χ0n) is 18.4. The highest BCUT2D eigenvalue weighted by Gasteiger charge is 2.24. The number of rotatable bonds is 8. The third-order valence-corrected chi connectivity index (χ3v) is 6.05. The van der Waals surface area contributed by atoms with Crippen LogP contribution in [0, 0.1) is 6.92 Å². The van der Waals surface area contributed by atoms with Crippen molar-refractivity contribution < 1.29 is 22.7 Å². The largest absolute Gasteiger partial charge is 0.497 e. The number of carbonyl (C=O) groups is 1. The Balaban J connectivity index is 2.07. The smallest absolute Gasteiger partial charge is 0.254 e. The van der Waals surface area contributed by atoms with Crippen molar-refractivity contribution in [2.75, 3.05) is 27.3 Å². The fourth-order valence-electron chi connectivity index (χ4n) is 2.74. The highest BCUT2D eigenvalue weighted by molar-refractivity contribution is 7.89. The van der Waals surface area contributed by atoms with E-state index in [4.69, 9.17) is 9.47 Å². The van der Waals surface area contributed by atoms with Gasteiger partial charge in [-0.1, -0.05) is 6.07 Å². The predicted octanol–water partition coefficient (Wildman–Crippen LogP) is 3.23. The van der Waals surface area contributed by atoms with Gasteiger partial charge in [0.05, 0.1) is 18.6 Å². The van der Waals surface area contributed by atoms with Gasteiger partial charge in [-0.3, -0.25) is 4.79 Å². The minimum absolute atomic E-state index is 0.0641. The van der Waals surface area contributed by atoms with E-state index in [0.29, 0.717) is 30.0 Å². The number of sulfonamides is 1. The second kappa shape index (κ2) is 9.49. The number of likely N-dealkylation sites (N-methyl/N-ethyl adjacent to an activating group) is 1. The topological polar surface area (TPSA) is 84.9 Å². The van der Waals surface area contributed by atoms with Gasteiger partial charge < -0.3 is 14.4 Å². The van der Waals surface area contributed by atoms with Crippen molar-refractivity contribution in [3.8, 4) is 11.5 Å². The number of hydrogen-bond acceptors (Lipinski definition) is 5. The molecule has 0 saturated heterocycles. The lowest BCUT2D eigenvalue weighted by atomic mass is 10.1. The lowest BCUT2D eigenvalue weighted by Crippen LogP contribution is -2.40. The Morgan fingerprint density at radius 1 is 1.07 bits per heavy atom. The third-order valence-electron chi connectivity index (χ3n) is 4.29. The summed E-state index contributed by atoms with van der Waals surface area (Å²) in [4.78, 5) is 14.5. The molecule has 30 heavy (non-hydrogen) atoms. The maximum Gasteiger partial charge on any atom is 0.254 e. The molecule has 7 nitrogen and oxygen atoms in total. The van der Waals surface area contributed by atoms with E-state index in [1.54, 1.807) is 72.2 Å². The van der Waals surface area contributed by atoms with Crippen molar-refractivity contribution in [3.63, 3.8) is 0 Å². The van der Waals surface area contributed by atoms with Crippen LogP contribution >= 0.6 is 0 Å². The molecule has 0 unspecified atom stereocenters. The third kappa shape index (κ3) is 6.47. The number of amides is 1. The second-order valence-corrected chi connectivity index (χ2v) is 9.77. The lowest BCUT2D eigenvalue weighted by Gasteiger charge is -2.22. The second-order valence-electron chi connectivity index (χ2n) is 8.08. The van der Waals surface area contributed by atoms with Crippen LogP contribution in [0.15, 0.2) is 47.4 Å². The molecule has 0 aromatic heterocycles. The average molecular weight is 435 g/mol. The van der Waals surface area contributed by atoms with Crippen molar-refractivity contribution in [2.45, 2.75) is 38.1 Å². The summed E-state index contributed by atoms with van der Waals surface area (Å²) in [5, 5.41) is 0. The summed E-state index contributed by atoms with van der Waals surface area (Å²) in [6.07, 6.45) is 0. The van der Waals surface area contributed by atoms with E-state index in [9.17, 15) is 13.2 Å². The van der Waals surface area contributed by atoms with Crippen LogP contribution in [0.25, 0.3) is 0 Å². The van der Waals surface area contributed by atoms with Crippen LogP contribution in [-0.2, 0) is 10.0 Å². The Kier molecular flexibility index (Phi) is 7.49. The fourth-order valence-corrected chi connectivity index (χ4v) is 4.18. The number of nitrogens with one attached hydrogen (secondary N) is 1. The zero-order chi connectivity index (χ0) is 22.5. The molecule has 0 atom stereocenters. The minimum atomic E-state index is -3.73. The standard InChI is InChI=1S/C22H30N2O5S/c1-16-7-12-19(30(26,27)23-22(2,3)4)15-20(16)21(25)24(5)13-14-29-18-10-8-17(28-6)9-11-18/h7-12,15,23H,13-14H2,1-6H3. The first-order valence-electron chi connectivity index (χ1n) is 9.60. The summed E-state index contributed by atoms with van der Waals surface area (Å²) in [5.41, 5.74) is 0.431. The molecular weight excluding hydrogens is 404 g/mol. The van der Waals surface area contributed by atoms with Gasteiger partial charge in [0.15, 0.2) is 0 Å². The summed E-state index contributed by atoms with van der Waals surface area (Å²) in [6.45, 7) is 7.73. The van der Waals surface area contributed by atoms with Crippen molar-refractivity contribution >= 4 is 15.9 Å². The number of aryl methyl sites for hydroxylation is 1. The van der Waals surface area contributed by atoms with Gasteiger partial charge in [0.2, 0.25) is 10.0 Å². The van der Waals surface area contributed by atoms with Crippen LogP contribution in [0.4, 0.5) is 0 Å². The van der Waals surface area contributed by atoms with Gasteiger partial charge in [-0.2, -0.15) is 0 Å². The summed E-state index contributed by atoms with van der Waals surface area (Å²) >= 11 is 0. The molecule has 164 valence electrons. The monoisotopic (exact) mass is 434 g/mol. The molecule has 0 heterocycles. The fraction of sp³-hybridized carbons (Fsp3) is 0.409. The van der Waals surface area contributed by atoms with Crippen molar-refractivity contribution in [1.82, 2.24) is 9.62 Å². The molecule has 2 aromatic rings. The number of benzene rings is 2. The zero-order valence-corrected chi connectivity index (χ0v) is 19.2. The Morgan fingerprint density at radius 3 is 2.23 bits per heavy atom. The predicted molar refractivity (Wildman–Crippen MR) is 117 cm³/mol. The van der Waals surface area contributed by atoms with Crippen LogP contribution in [0.1, 0.15) is 36.7 Å². The molecule has 0 fully saturated rings. The SMILES string of the molecule is COc1ccc(OCCN(C)C(=O)c2cc(S(=O)(=O)NC(C)(C)C)ccc2C)cc1. The van der Waals surface area contributed by atoms with Crippen molar-refractivity contribution in [1.29, 1.82) is 0 Å². The molecule has 2 aromatic carbocycles. The van der Waals surface area contributed by atoms with Crippen LogP contribution in [0.5, 0.6) is 11.5 Å². The molecule has 0 aliphatic carbocycles. The quantitative estimate of drug-likeness (QED) is 0.690. The van der Waals surface area contributed by atoms with E-state index in [0.717, 1.165) is 5.75 Å². The highest BCUT2D eigenvalue weighted by Crippen LogP contribution is 2.20. The van der Waals surface area contributed by atoms with Gasteiger partial charge in [-0.15, -0.1) is 0 Å². The Labute approximate surface area is 179 Å². The van der Waals surface area contributed by atoms with Crippen LogP contribution in [0.3, 0.4) is 0 Å². The van der Waals surface area contributed by atoms with Gasteiger partial charge >= 0.3 is 0 Å². The van der Waals surface area contributed by atoms with Crippen LogP contribution in [-0.4, -0.2) is 52.1 Å². The van der Waals surface area contributed by atoms with Crippen molar-refractivity contribution in [3.05, 3.63) is 53.6 Å². The summed E-state index contributed by atoms with van der Waals surface area (Å²) < 4.78 is 38.6. The molecule has 0 aliphatic rings. The van der Waals surface area contributed by atoms with Gasteiger partial charge in [-0.05, 0) is 69.7 Å². The average Bonchev–Trinajstić information content (AvgIpc) is 2.66. The first kappa shape index (κ1) is 23.7. The first-order chi connectivity index (χ1) is 13.9. The number of ether oxygens (including phenoxy) is 2. The van der Waals surface area contributed by atoms with Crippen LogP contribution < -0.4 is 14.2 Å². The molecule has 0 radical (unpaired) electrons. The van der Waals surface area contributed by atoms with Gasteiger partial charge in [-0.25, -0.2) is 13.1 Å². The summed E-state index contributed by atoms with van der Waals surface area (Å²) in [6, 6.07) is 11.8. The molecule has 0 saturated carbocycles. The Bertz CT molecular complexity index is 980. The Hall–Kier alpha value is -2.58. The molecule has 0 spiro atoms. The molecule has 1 amide bonds. The molecule has 0 aliphatic heterocycles. The molecule has 1 N–H and O–H groups in total. The normalized spacial score (nSPS) is 11.8. The maximum absolute atomic E-state index is 12.9. The molecular formula is C22H30N2O5S. The molecule has 2 rings (SSSR count). The van der Waals surface area contributed by atoms with Gasteiger partial charge in [0.25, 0.3) is 5.91 Å². The van der Waals surface area contributed by atoms with Crippen molar-refractivity contribution in [2.24, 2.45) is 0 Å². The maximum atomic E-state index is 12.9. The number of hydrogen-bond donors (Lipinski definition) is 1. The van der Waals surface area contributed by atoms with E-state index in [1.165, 1.54) is 17.0 Å². The summed E-state index contributed by atoms with van der Waals surface area (Å²) in [5.74, 6) is 1.15. The first-order valence-corrected chi connectivity index (χ1v) is 11.1. The van der Waals surface area contributed by atoms with Gasteiger partial charge in [0.1, 0.15) is 18.1 Å². The molecule has 0 bridgehead atoms. The number of carbonyl (C=O) groups excluding carboxylic acids is 1. The van der Waals surface area contributed by atoms with E-state index >= 15 is 0 Å². The van der Waals surface area contributed by atoms with Crippen LogP contribution in [0.2, 0.25) is 0 Å². The number of methoxy groups -OCH3 is 1. The minimum Gasteiger partial charge on any atom is -0.497 e. The number of nitrogens with zero attached hydrogens (tertiary/aromatic N) is 1. The van der Waals surface area contributed by atoms with Gasteiger partial charge in [0, 0.05) is 18.2 Å². The highest BCUT2D eigenvalue weighted by atomic mass is 32.2. The van der Waals surface area contributed by atoms with E-state index in [2.05, 4.69) is 4.72 Å². The van der Waals surface area contributed by atoms with E-state index in [1.807, 2.05) is 0 Å².